The second kappa shape index (κ2) is 4.21. The molecule has 0 amide bonds. The molecule has 1 heterocycles. The van der Waals surface area contributed by atoms with Crippen molar-refractivity contribution >= 4 is 0 Å². The third-order valence-electron chi connectivity index (χ3n) is 3.23. The summed E-state index contributed by atoms with van der Waals surface area (Å²) in [6.45, 7) is 1.36. The van der Waals surface area contributed by atoms with Crippen molar-refractivity contribution in [1.29, 1.82) is 0 Å². The van der Waals surface area contributed by atoms with Gasteiger partial charge in [0.05, 0.1) is 6.61 Å². The molecule has 1 aromatic rings. The quantitative estimate of drug-likeness (QED) is 0.773. The lowest BCUT2D eigenvalue weighted by Gasteiger charge is -2.36. The van der Waals surface area contributed by atoms with Gasteiger partial charge in [-0.1, -0.05) is 18.2 Å². The van der Waals surface area contributed by atoms with Gasteiger partial charge in [-0.25, -0.2) is 0 Å². The number of aliphatic hydroxyl groups excluding tert-OH is 1. The summed E-state index contributed by atoms with van der Waals surface area (Å²) in [4.78, 5) is 0. The maximum Gasteiger partial charge on any atom is 0.119 e. The van der Waals surface area contributed by atoms with Gasteiger partial charge in [0.15, 0.2) is 0 Å². The second-order valence-electron chi connectivity index (χ2n) is 4.07. The zero-order valence-corrected chi connectivity index (χ0v) is 8.65. The molecule has 1 fully saturated rings. The van der Waals surface area contributed by atoms with Crippen LogP contribution in [0.1, 0.15) is 18.4 Å². The van der Waals surface area contributed by atoms with Crippen LogP contribution >= 0.6 is 0 Å². The van der Waals surface area contributed by atoms with E-state index in [1.54, 1.807) is 12.1 Å². The molecular weight excluding hydrogens is 192 g/mol. The fraction of sp³-hybridized carbons (Fsp3) is 0.500. The molecule has 2 rings (SSSR count). The SMILES string of the molecule is OCC1(c2ccccc2O)CCOCC1. The highest BCUT2D eigenvalue weighted by atomic mass is 16.5. The lowest BCUT2D eigenvalue weighted by molar-refractivity contribution is 0.0244. The van der Waals surface area contributed by atoms with Crippen molar-refractivity contribution in [3.63, 3.8) is 0 Å². The van der Waals surface area contributed by atoms with Gasteiger partial charge in [-0.15, -0.1) is 0 Å². The van der Waals surface area contributed by atoms with Crippen molar-refractivity contribution in [1.82, 2.24) is 0 Å². The Morgan fingerprint density at radius 2 is 1.87 bits per heavy atom. The minimum absolute atomic E-state index is 0.0634. The van der Waals surface area contributed by atoms with Crippen molar-refractivity contribution in [2.45, 2.75) is 18.3 Å². The van der Waals surface area contributed by atoms with E-state index in [2.05, 4.69) is 0 Å². The topological polar surface area (TPSA) is 49.7 Å². The predicted molar refractivity (Wildman–Crippen MR) is 56.9 cm³/mol. The van der Waals surface area contributed by atoms with Gasteiger partial charge in [0.2, 0.25) is 0 Å². The highest BCUT2D eigenvalue weighted by Crippen LogP contribution is 2.38. The van der Waals surface area contributed by atoms with E-state index in [-0.39, 0.29) is 17.8 Å². The largest absolute Gasteiger partial charge is 0.508 e. The summed E-state index contributed by atoms with van der Waals surface area (Å²) in [5.41, 5.74) is 0.527. The molecule has 0 atom stereocenters. The monoisotopic (exact) mass is 208 g/mol. The molecule has 3 nitrogen and oxygen atoms in total. The molecule has 3 heteroatoms. The Morgan fingerprint density at radius 1 is 1.20 bits per heavy atom. The number of aromatic hydroxyl groups is 1. The Kier molecular flexibility index (Phi) is 2.93. The normalized spacial score (nSPS) is 20.1. The van der Waals surface area contributed by atoms with Crippen LogP contribution < -0.4 is 0 Å². The molecule has 0 bridgehead atoms. The molecule has 82 valence electrons. The Hall–Kier alpha value is -1.06. The molecule has 0 saturated carbocycles. The third-order valence-corrected chi connectivity index (χ3v) is 3.23. The van der Waals surface area contributed by atoms with E-state index in [9.17, 15) is 10.2 Å². The molecule has 1 aliphatic rings. The van der Waals surface area contributed by atoms with E-state index in [4.69, 9.17) is 4.74 Å². The van der Waals surface area contributed by atoms with Crippen LogP contribution in [0.3, 0.4) is 0 Å². The number of ether oxygens (including phenoxy) is 1. The van der Waals surface area contributed by atoms with Crippen LogP contribution in [0.4, 0.5) is 0 Å². The molecule has 1 aromatic carbocycles. The number of hydrogen-bond acceptors (Lipinski definition) is 3. The van der Waals surface area contributed by atoms with E-state index in [0.29, 0.717) is 13.2 Å². The fourth-order valence-corrected chi connectivity index (χ4v) is 2.20. The molecule has 0 aromatic heterocycles. The number of phenols is 1. The lowest BCUT2D eigenvalue weighted by Crippen LogP contribution is -2.37. The summed E-state index contributed by atoms with van der Waals surface area (Å²) < 4.78 is 5.30. The molecule has 15 heavy (non-hydrogen) atoms. The summed E-state index contributed by atoms with van der Waals surface area (Å²) in [6, 6.07) is 7.24. The van der Waals surface area contributed by atoms with Gasteiger partial charge in [0, 0.05) is 24.2 Å². The van der Waals surface area contributed by atoms with Crippen molar-refractivity contribution in [3.05, 3.63) is 29.8 Å². The van der Waals surface area contributed by atoms with Crippen LogP contribution in [0, 0.1) is 0 Å². The van der Waals surface area contributed by atoms with Crippen LogP contribution in [0.25, 0.3) is 0 Å². The summed E-state index contributed by atoms with van der Waals surface area (Å²) in [6.07, 6.45) is 1.53. The van der Waals surface area contributed by atoms with Gasteiger partial charge in [0.25, 0.3) is 0 Å². The summed E-state index contributed by atoms with van der Waals surface area (Å²) in [5.74, 6) is 0.272. The van der Waals surface area contributed by atoms with E-state index in [1.807, 2.05) is 12.1 Å². The van der Waals surface area contributed by atoms with E-state index in [0.717, 1.165) is 18.4 Å². The van der Waals surface area contributed by atoms with Crippen LogP contribution in [0.2, 0.25) is 0 Å². The number of benzene rings is 1. The first kappa shape index (κ1) is 10.5. The first-order chi connectivity index (χ1) is 7.28. The van der Waals surface area contributed by atoms with Crippen molar-refractivity contribution < 1.29 is 14.9 Å². The highest BCUT2D eigenvalue weighted by molar-refractivity contribution is 5.39. The average Bonchev–Trinajstić information content (AvgIpc) is 2.30. The first-order valence-electron chi connectivity index (χ1n) is 5.26. The Labute approximate surface area is 89.3 Å². The standard InChI is InChI=1S/C12H16O3/c13-9-12(5-7-15-8-6-12)10-3-1-2-4-11(10)14/h1-4,13-14H,5-9H2. The summed E-state index contributed by atoms with van der Waals surface area (Å²) in [5, 5.41) is 19.4. The number of para-hydroxylation sites is 1. The van der Waals surface area contributed by atoms with Gasteiger partial charge in [-0.3, -0.25) is 0 Å². The molecule has 1 saturated heterocycles. The first-order valence-corrected chi connectivity index (χ1v) is 5.26. The molecule has 0 aliphatic carbocycles. The molecule has 1 aliphatic heterocycles. The number of hydrogen-bond donors (Lipinski definition) is 2. The van der Waals surface area contributed by atoms with E-state index in [1.165, 1.54) is 0 Å². The van der Waals surface area contributed by atoms with Crippen molar-refractivity contribution in [2.75, 3.05) is 19.8 Å². The zero-order valence-electron chi connectivity index (χ0n) is 8.65. The lowest BCUT2D eigenvalue weighted by atomic mass is 9.74. The van der Waals surface area contributed by atoms with Crippen LogP contribution in [0.5, 0.6) is 5.75 Å². The maximum absolute atomic E-state index is 9.81. The number of phenolic OH excluding ortho intramolecular Hbond substituents is 1. The molecule has 0 spiro atoms. The maximum atomic E-state index is 9.81. The van der Waals surface area contributed by atoms with Crippen molar-refractivity contribution in [3.8, 4) is 5.75 Å². The van der Waals surface area contributed by atoms with Gasteiger partial charge in [0.1, 0.15) is 5.75 Å². The summed E-state index contributed by atoms with van der Waals surface area (Å²) in [7, 11) is 0. The zero-order chi connectivity index (χ0) is 10.7. The van der Waals surface area contributed by atoms with E-state index >= 15 is 0 Å². The van der Waals surface area contributed by atoms with Gasteiger partial charge in [-0.05, 0) is 18.9 Å². The number of rotatable bonds is 2. The van der Waals surface area contributed by atoms with Gasteiger partial charge >= 0.3 is 0 Å². The predicted octanol–water partition coefficient (Wildman–Crippen LogP) is 1.43. The van der Waals surface area contributed by atoms with Crippen molar-refractivity contribution in [2.24, 2.45) is 0 Å². The Bertz CT molecular complexity index is 329. The average molecular weight is 208 g/mol. The second-order valence-corrected chi connectivity index (χ2v) is 4.07. The van der Waals surface area contributed by atoms with Crippen LogP contribution in [0.15, 0.2) is 24.3 Å². The minimum Gasteiger partial charge on any atom is -0.508 e. The third kappa shape index (κ3) is 1.85. The molecule has 2 N–H and O–H groups in total. The highest BCUT2D eigenvalue weighted by Gasteiger charge is 2.35. The molecule has 0 unspecified atom stereocenters. The van der Waals surface area contributed by atoms with Crippen LogP contribution in [-0.2, 0) is 10.2 Å². The number of aliphatic hydroxyl groups is 1. The molecular formula is C12H16O3. The molecule has 0 radical (unpaired) electrons. The fourth-order valence-electron chi connectivity index (χ4n) is 2.20. The summed E-state index contributed by atoms with van der Waals surface area (Å²) >= 11 is 0. The van der Waals surface area contributed by atoms with Gasteiger partial charge < -0.3 is 14.9 Å². The van der Waals surface area contributed by atoms with E-state index < -0.39 is 0 Å². The Morgan fingerprint density at radius 3 is 2.47 bits per heavy atom. The van der Waals surface area contributed by atoms with Gasteiger partial charge in [-0.2, -0.15) is 0 Å². The Balaban J connectivity index is 2.36. The smallest absolute Gasteiger partial charge is 0.119 e. The minimum atomic E-state index is -0.316. The van der Waals surface area contributed by atoms with Crippen LogP contribution in [-0.4, -0.2) is 30.0 Å².